The first kappa shape index (κ1) is 10.3. The maximum Gasteiger partial charge on any atom is 0.182 e. The van der Waals surface area contributed by atoms with Gasteiger partial charge in [-0.15, -0.1) is 5.10 Å². The first-order valence-electron chi connectivity index (χ1n) is 5.86. The van der Waals surface area contributed by atoms with Crippen LogP contribution < -0.4 is 5.73 Å². The van der Waals surface area contributed by atoms with Gasteiger partial charge in [0.2, 0.25) is 0 Å². The van der Waals surface area contributed by atoms with E-state index in [9.17, 15) is 0 Å². The maximum absolute atomic E-state index is 5.67. The lowest BCUT2D eigenvalue weighted by Crippen LogP contribution is -2.05. The van der Waals surface area contributed by atoms with E-state index in [1.807, 2.05) is 28.9 Å². The molecule has 2 atom stereocenters. The van der Waals surface area contributed by atoms with Crippen molar-refractivity contribution < 1.29 is 0 Å². The van der Waals surface area contributed by atoms with Gasteiger partial charge in [-0.05, 0) is 52.9 Å². The van der Waals surface area contributed by atoms with Gasteiger partial charge < -0.3 is 5.73 Å². The molecule has 1 heterocycles. The smallest absolute Gasteiger partial charge is 0.182 e. The van der Waals surface area contributed by atoms with Gasteiger partial charge in [0, 0.05) is 17.8 Å². The van der Waals surface area contributed by atoms with Crippen molar-refractivity contribution in [1.29, 1.82) is 0 Å². The number of hydrogen-bond donors (Lipinski definition) is 1. The Hall–Kier alpha value is -1.91. The zero-order valence-electron chi connectivity index (χ0n) is 9.74. The summed E-state index contributed by atoms with van der Waals surface area (Å²) in [5.74, 6) is 2.36. The van der Waals surface area contributed by atoms with Gasteiger partial charge in [0.05, 0.1) is 0 Å². The molecule has 0 aliphatic heterocycles. The number of benzene rings is 1. The highest BCUT2D eigenvalue weighted by Gasteiger charge is 2.33. The molecule has 88 valence electrons. The summed E-state index contributed by atoms with van der Waals surface area (Å²) < 4.78 is 1.89. The predicted molar refractivity (Wildman–Crippen MR) is 64.9 cm³/mol. The van der Waals surface area contributed by atoms with Crippen LogP contribution in [0.2, 0.25) is 0 Å². The van der Waals surface area contributed by atoms with E-state index in [1.54, 1.807) is 0 Å². The Balaban J connectivity index is 1.87. The molecule has 0 saturated heterocycles. The van der Waals surface area contributed by atoms with E-state index in [2.05, 4.69) is 22.4 Å². The number of nitrogen functional groups attached to an aromatic ring is 1. The summed E-state index contributed by atoms with van der Waals surface area (Å²) in [7, 11) is 0. The lowest BCUT2D eigenvalue weighted by Gasteiger charge is -2.03. The molecule has 3 rings (SSSR count). The third kappa shape index (κ3) is 2.00. The molecule has 1 aliphatic rings. The molecule has 1 aromatic heterocycles. The molecule has 0 radical (unpaired) electrons. The van der Waals surface area contributed by atoms with Gasteiger partial charge in [-0.25, -0.2) is 4.68 Å². The molecule has 2 aromatic rings. The molecule has 1 aromatic carbocycles. The number of nitrogens with two attached hydrogens (primary N) is 1. The largest absolute Gasteiger partial charge is 0.399 e. The fraction of sp³-hybridized carbons (Fsp3) is 0.417. The van der Waals surface area contributed by atoms with Crippen molar-refractivity contribution in [3.8, 4) is 11.4 Å². The van der Waals surface area contributed by atoms with Crippen LogP contribution >= 0.6 is 0 Å². The summed E-state index contributed by atoms with van der Waals surface area (Å²) in [4.78, 5) is 0. The Morgan fingerprint density at radius 3 is 2.71 bits per heavy atom. The van der Waals surface area contributed by atoms with Gasteiger partial charge in [0.25, 0.3) is 0 Å². The summed E-state index contributed by atoms with van der Waals surface area (Å²) in [6.45, 7) is 3.17. The number of anilines is 1. The van der Waals surface area contributed by atoms with E-state index in [1.165, 1.54) is 6.42 Å². The zero-order chi connectivity index (χ0) is 11.8. The van der Waals surface area contributed by atoms with Crippen LogP contribution in [-0.4, -0.2) is 20.2 Å². The molecule has 1 fully saturated rings. The van der Waals surface area contributed by atoms with Crippen LogP contribution in [0.5, 0.6) is 0 Å². The molecule has 0 amide bonds. The first-order chi connectivity index (χ1) is 8.24. The molecule has 5 heteroatoms. The highest BCUT2D eigenvalue weighted by atomic mass is 15.5. The van der Waals surface area contributed by atoms with Crippen molar-refractivity contribution >= 4 is 5.69 Å². The van der Waals surface area contributed by atoms with Gasteiger partial charge in [-0.1, -0.05) is 6.92 Å². The second kappa shape index (κ2) is 3.84. The van der Waals surface area contributed by atoms with Crippen LogP contribution in [0.25, 0.3) is 11.4 Å². The van der Waals surface area contributed by atoms with E-state index >= 15 is 0 Å². The van der Waals surface area contributed by atoms with Crippen LogP contribution in [0.1, 0.15) is 13.3 Å². The minimum atomic E-state index is 0.728. The van der Waals surface area contributed by atoms with Crippen molar-refractivity contribution in [2.24, 2.45) is 11.8 Å². The second-order valence-corrected chi connectivity index (χ2v) is 4.78. The SMILES string of the molecule is CC1CC1Cn1nnnc1-c1ccc(N)cc1. The summed E-state index contributed by atoms with van der Waals surface area (Å²) in [6.07, 6.45) is 1.28. The minimum Gasteiger partial charge on any atom is -0.399 e. The van der Waals surface area contributed by atoms with Gasteiger partial charge >= 0.3 is 0 Å². The Kier molecular flexibility index (Phi) is 2.31. The number of hydrogen-bond acceptors (Lipinski definition) is 4. The quantitative estimate of drug-likeness (QED) is 0.811. The standard InChI is InChI=1S/C12H15N5/c1-8-6-10(8)7-17-12(14-15-16-17)9-2-4-11(13)5-3-9/h2-5,8,10H,6-7,13H2,1H3. The summed E-state index contributed by atoms with van der Waals surface area (Å²) >= 11 is 0. The molecular weight excluding hydrogens is 214 g/mol. The van der Waals surface area contributed by atoms with Crippen LogP contribution in [0.4, 0.5) is 5.69 Å². The first-order valence-corrected chi connectivity index (χ1v) is 5.86. The van der Waals surface area contributed by atoms with Crippen molar-refractivity contribution in [3.05, 3.63) is 24.3 Å². The fourth-order valence-electron chi connectivity index (χ4n) is 2.04. The van der Waals surface area contributed by atoms with Crippen molar-refractivity contribution in [2.45, 2.75) is 19.9 Å². The minimum absolute atomic E-state index is 0.728. The molecule has 2 N–H and O–H groups in total. The van der Waals surface area contributed by atoms with Crippen LogP contribution in [0, 0.1) is 11.8 Å². The van der Waals surface area contributed by atoms with E-state index < -0.39 is 0 Å². The van der Waals surface area contributed by atoms with Crippen LogP contribution in [0.3, 0.4) is 0 Å². The van der Waals surface area contributed by atoms with Gasteiger partial charge in [0.15, 0.2) is 5.82 Å². The number of nitrogens with zero attached hydrogens (tertiary/aromatic N) is 4. The Bertz CT molecular complexity index is 516. The molecule has 17 heavy (non-hydrogen) atoms. The van der Waals surface area contributed by atoms with Crippen molar-refractivity contribution in [2.75, 3.05) is 5.73 Å². The molecular formula is C12H15N5. The van der Waals surface area contributed by atoms with Crippen molar-refractivity contribution in [1.82, 2.24) is 20.2 Å². The summed E-state index contributed by atoms with van der Waals surface area (Å²) in [5, 5.41) is 11.9. The average molecular weight is 229 g/mol. The highest BCUT2D eigenvalue weighted by Crippen LogP contribution is 2.39. The normalized spacial score (nSPS) is 22.6. The zero-order valence-corrected chi connectivity index (χ0v) is 9.74. The van der Waals surface area contributed by atoms with E-state index in [-0.39, 0.29) is 0 Å². The molecule has 0 bridgehead atoms. The van der Waals surface area contributed by atoms with Gasteiger partial charge in [-0.3, -0.25) is 0 Å². The molecule has 0 spiro atoms. The van der Waals surface area contributed by atoms with Gasteiger partial charge in [-0.2, -0.15) is 0 Å². The highest BCUT2D eigenvalue weighted by molar-refractivity contribution is 5.58. The van der Waals surface area contributed by atoms with Gasteiger partial charge in [0.1, 0.15) is 0 Å². The lowest BCUT2D eigenvalue weighted by atomic mass is 10.2. The van der Waals surface area contributed by atoms with E-state index in [0.717, 1.165) is 35.5 Å². The van der Waals surface area contributed by atoms with Crippen molar-refractivity contribution in [3.63, 3.8) is 0 Å². The molecule has 1 saturated carbocycles. The molecule has 2 unspecified atom stereocenters. The topological polar surface area (TPSA) is 69.6 Å². The number of rotatable bonds is 3. The Morgan fingerprint density at radius 2 is 2.06 bits per heavy atom. The Morgan fingerprint density at radius 1 is 1.35 bits per heavy atom. The summed E-state index contributed by atoms with van der Waals surface area (Å²) in [5.41, 5.74) is 7.43. The summed E-state index contributed by atoms with van der Waals surface area (Å²) in [6, 6.07) is 7.64. The molecule has 1 aliphatic carbocycles. The third-order valence-corrected chi connectivity index (χ3v) is 3.38. The maximum atomic E-state index is 5.67. The predicted octanol–water partition coefficient (Wildman–Crippen LogP) is 1.58. The third-order valence-electron chi connectivity index (χ3n) is 3.38. The number of tetrazole rings is 1. The fourth-order valence-corrected chi connectivity index (χ4v) is 2.04. The molecule has 5 nitrogen and oxygen atoms in total. The Labute approximate surface area is 99.6 Å². The monoisotopic (exact) mass is 229 g/mol. The lowest BCUT2D eigenvalue weighted by molar-refractivity contribution is 0.528. The second-order valence-electron chi connectivity index (χ2n) is 4.78. The number of aromatic nitrogens is 4. The van der Waals surface area contributed by atoms with E-state index in [4.69, 9.17) is 5.73 Å². The average Bonchev–Trinajstić information content (AvgIpc) is 2.83. The van der Waals surface area contributed by atoms with Crippen LogP contribution in [0.15, 0.2) is 24.3 Å². The van der Waals surface area contributed by atoms with Crippen LogP contribution in [-0.2, 0) is 6.54 Å². The van der Waals surface area contributed by atoms with E-state index in [0.29, 0.717) is 0 Å².